The fourth-order valence-electron chi connectivity index (χ4n) is 3.11. The molecule has 0 radical (unpaired) electrons. The molecule has 0 atom stereocenters. The molecule has 0 aliphatic carbocycles. The highest BCUT2D eigenvalue weighted by molar-refractivity contribution is 6.32. The van der Waals surface area contributed by atoms with E-state index in [2.05, 4.69) is 4.98 Å². The Morgan fingerprint density at radius 3 is 2.75 bits per heavy atom. The van der Waals surface area contributed by atoms with Crippen molar-refractivity contribution < 1.29 is 23.7 Å². The van der Waals surface area contributed by atoms with Crippen LogP contribution in [0.4, 0.5) is 0 Å². The number of aromatic nitrogens is 1. The summed E-state index contributed by atoms with van der Waals surface area (Å²) in [4.78, 5) is 28.9. The molecule has 4 rings (SSSR count). The molecule has 28 heavy (non-hydrogen) atoms. The van der Waals surface area contributed by atoms with Crippen molar-refractivity contribution in [2.24, 2.45) is 0 Å². The van der Waals surface area contributed by atoms with E-state index in [0.29, 0.717) is 34.0 Å². The Morgan fingerprint density at radius 1 is 1.21 bits per heavy atom. The summed E-state index contributed by atoms with van der Waals surface area (Å²) in [5, 5.41) is 0.532. The van der Waals surface area contributed by atoms with E-state index in [1.807, 2.05) is 0 Å². The molecule has 3 aromatic rings. The van der Waals surface area contributed by atoms with Crippen LogP contribution < -0.4 is 19.6 Å². The zero-order valence-corrected chi connectivity index (χ0v) is 15.9. The van der Waals surface area contributed by atoms with E-state index >= 15 is 0 Å². The second-order valence-corrected chi connectivity index (χ2v) is 6.43. The molecule has 0 saturated heterocycles. The predicted molar refractivity (Wildman–Crippen MR) is 104 cm³/mol. The molecule has 7 nitrogen and oxygen atoms in total. The zero-order chi connectivity index (χ0) is 19.8. The fraction of sp³-hybridized carbons (Fsp3) is 0.200. The van der Waals surface area contributed by atoms with Gasteiger partial charge in [-0.05, 0) is 31.2 Å². The predicted octanol–water partition coefficient (Wildman–Crippen LogP) is 3.76. The summed E-state index contributed by atoms with van der Waals surface area (Å²) in [7, 11) is 1.48. The van der Waals surface area contributed by atoms with Crippen molar-refractivity contribution in [2.75, 3.05) is 20.5 Å². The van der Waals surface area contributed by atoms with E-state index in [1.165, 1.54) is 13.2 Å². The molecule has 0 saturated carbocycles. The molecule has 1 N–H and O–H groups in total. The summed E-state index contributed by atoms with van der Waals surface area (Å²) in [6, 6.07) is 8.25. The van der Waals surface area contributed by atoms with Gasteiger partial charge in [0, 0.05) is 17.0 Å². The number of benzene rings is 2. The molecule has 0 unspecified atom stereocenters. The van der Waals surface area contributed by atoms with Crippen LogP contribution in [0.1, 0.15) is 17.3 Å². The summed E-state index contributed by atoms with van der Waals surface area (Å²) in [6.45, 7) is 1.93. The van der Waals surface area contributed by atoms with Crippen LogP contribution in [0, 0.1) is 0 Å². The van der Waals surface area contributed by atoms with Crippen LogP contribution >= 0.6 is 11.6 Å². The number of rotatable bonds is 4. The van der Waals surface area contributed by atoms with Crippen LogP contribution in [0.2, 0.25) is 5.02 Å². The number of nitrogens with one attached hydrogen (secondary N) is 1. The van der Waals surface area contributed by atoms with Crippen LogP contribution in [-0.4, -0.2) is 31.5 Å². The average molecular weight is 402 g/mol. The van der Waals surface area contributed by atoms with E-state index in [0.717, 1.165) is 0 Å². The van der Waals surface area contributed by atoms with Crippen molar-refractivity contribution in [1.29, 1.82) is 0 Å². The fourth-order valence-corrected chi connectivity index (χ4v) is 3.35. The standard InChI is InChI=1S/C20H16ClNO6/c1-3-26-20(24)17-18(10-4-5-14-16(6-10)28-9-27-14)22-13-8-15(25-2)12(21)7-11(13)19(17)23/h4-8H,3,9H2,1-2H3,(H,22,23). The molecule has 0 fully saturated rings. The van der Waals surface area contributed by atoms with Gasteiger partial charge in [-0.1, -0.05) is 11.6 Å². The van der Waals surface area contributed by atoms with Gasteiger partial charge >= 0.3 is 5.97 Å². The minimum absolute atomic E-state index is 0.102. The summed E-state index contributed by atoms with van der Waals surface area (Å²) in [5.41, 5.74) is 0.796. The quantitative estimate of drug-likeness (QED) is 0.670. The molecule has 1 aliphatic rings. The van der Waals surface area contributed by atoms with Crippen molar-refractivity contribution >= 4 is 28.5 Å². The second-order valence-electron chi connectivity index (χ2n) is 6.02. The van der Waals surface area contributed by atoms with Gasteiger partial charge in [0.1, 0.15) is 11.3 Å². The van der Waals surface area contributed by atoms with Gasteiger partial charge < -0.3 is 23.9 Å². The lowest BCUT2D eigenvalue weighted by Gasteiger charge is -2.13. The Bertz CT molecular complexity index is 1150. The number of halogens is 1. The number of hydrogen-bond acceptors (Lipinski definition) is 6. The van der Waals surface area contributed by atoms with E-state index in [4.69, 9.17) is 30.5 Å². The number of pyridine rings is 1. The van der Waals surface area contributed by atoms with Crippen LogP contribution in [-0.2, 0) is 4.74 Å². The van der Waals surface area contributed by atoms with Gasteiger partial charge in [-0.15, -0.1) is 0 Å². The minimum atomic E-state index is -0.717. The molecule has 2 aromatic carbocycles. The molecular weight excluding hydrogens is 386 g/mol. The number of fused-ring (bicyclic) bond motifs is 2. The highest BCUT2D eigenvalue weighted by atomic mass is 35.5. The number of aromatic amines is 1. The molecule has 0 bridgehead atoms. The van der Waals surface area contributed by atoms with Gasteiger partial charge in [-0.2, -0.15) is 0 Å². The first-order valence-corrected chi connectivity index (χ1v) is 8.92. The van der Waals surface area contributed by atoms with Crippen LogP contribution in [0.25, 0.3) is 22.2 Å². The van der Waals surface area contributed by atoms with Gasteiger partial charge in [-0.3, -0.25) is 4.79 Å². The van der Waals surface area contributed by atoms with Crippen LogP contribution in [0.5, 0.6) is 17.2 Å². The summed E-state index contributed by atoms with van der Waals surface area (Å²) < 4.78 is 21.1. The molecule has 1 aliphatic heterocycles. The SMILES string of the molecule is CCOC(=O)c1c(-c2ccc3c(c2)OCO3)[nH]c2cc(OC)c(Cl)cc2c1=O. The summed E-state index contributed by atoms with van der Waals surface area (Å²) >= 11 is 6.16. The first kappa shape index (κ1) is 18.2. The third-order valence-electron chi connectivity index (χ3n) is 4.41. The molecular formula is C20H16ClNO6. The summed E-state index contributed by atoms with van der Waals surface area (Å²) in [5.74, 6) is 0.815. The van der Waals surface area contributed by atoms with Crippen molar-refractivity contribution in [3.8, 4) is 28.5 Å². The third-order valence-corrected chi connectivity index (χ3v) is 4.71. The van der Waals surface area contributed by atoms with Crippen LogP contribution in [0.15, 0.2) is 35.1 Å². The van der Waals surface area contributed by atoms with Gasteiger partial charge in [0.25, 0.3) is 0 Å². The van der Waals surface area contributed by atoms with Gasteiger partial charge in [0.05, 0.1) is 29.9 Å². The molecule has 0 spiro atoms. The molecule has 0 amide bonds. The van der Waals surface area contributed by atoms with Crippen molar-refractivity contribution in [3.05, 3.63) is 51.1 Å². The number of methoxy groups -OCH3 is 1. The monoisotopic (exact) mass is 401 g/mol. The average Bonchev–Trinajstić information content (AvgIpc) is 3.15. The maximum Gasteiger partial charge on any atom is 0.344 e. The van der Waals surface area contributed by atoms with Crippen LogP contribution in [0.3, 0.4) is 0 Å². The lowest BCUT2D eigenvalue weighted by Crippen LogP contribution is -2.20. The first-order valence-electron chi connectivity index (χ1n) is 8.54. The van der Waals surface area contributed by atoms with E-state index in [-0.39, 0.29) is 29.4 Å². The maximum absolute atomic E-state index is 13.1. The number of H-pyrrole nitrogens is 1. The lowest BCUT2D eigenvalue weighted by molar-refractivity contribution is 0.0525. The number of carbonyl (C=O) groups excluding carboxylic acids is 1. The highest BCUT2D eigenvalue weighted by Gasteiger charge is 2.24. The van der Waals surface area contributed by atoms with Gasteiger partial charge in [0.2, 0.25) is 12.2 Å². The van der Waals surface area contributed by atoms with Crippen molar-refractivity contribution in [3.63, 3.8) is 0 Å². The van der Waals surface area contributed by atoms with Crippen molar-refractivity contribution in [2.45, 2.75) is 6.92 Å². The Kier molecular flexibility index (Phi) is 4.60. The number of hydrogen-bond donors (Lipinski definition) is 1. The Morgan fingerprint density at radius 2 is 2.00 bits per heavy atom. The maximum atomic E-state index is 13.1. The first-order chi connectivity index (χ1) is 13.5. The number of esters is 1. The largest absolute Gasteiger partial charge is 0.495 e. The normalized spacial score (nSPS) is 12.2. The number of carbonyl (C=O) groups is 1. The minimum Gasteiger partial charge on any atom is -0.495 e. The van der Waals surface area contributed by atoms with E-state index < -0.39 is 11.4 Å². The molecule has 8 heteroatoms. The Labute approximate surface area is 164 Å². The van der Waals surface area contributed by atoms with E-state index in [9.17, 15) is 9.59 Å². The molecule has 2 heterocycles. The topological polar surface area (TPSA) is 86.8 Å². The number of ether oxygens (including phenoxy) is 4. The third kappa shape index (κ3) is 2.93. The van der Waals surface area contributed by atoms with Gasteiger partial charge in [0.15, 0.2) is 11.5 Å². The Balaban J connectivity index is 2.02. The molecule has 144 valence electrons. The Hall–Kier alpha value is -3.19. The second kappa shape index (κ2) is 7.09. The lowest BCUT2D eigenvalue weighted by atomic mass is 10.0. The summed E-state index contributed by atoms with van der Waals surface area (Å²) in [6.07, 6.45) is 0. The smallest absolute Gasteiger partial charge is 0.344 e. The zero-order valence-electron chi connectivity index (χ0n) is 15.1. The molecule has 1 aromatic heterocycles. The highest BCUT2D eigenvalue weighted by Crippen LogP contribution is 2.37. The van der Waals surface area contributed by atoms with Crippen molar-refractivity contribution in [1.82, 2.24) is 4.98 Å². The van der Waals surface area contributed by atoms with Gasteiger partial charge in [-0.25, -0.2) is 4.79 Å². The van der Waals surface area contributed by atoms with E-state index in [1.54, 1.807) is 31.2 Å².